The lowest BCUT2D eigenvalue weighted by molar-refractivity contribution is 0.0691. The first-order valence-electron chi connectivity index (χ1n) is 6.48. The van der Waals surface area contributed by atoms with Gasteiger partial charge < -0.3 is 19.8 Å². The van der Waals surface area contributed by atoms with Gasteiger partial charge in [0, 0.05) is 20.3 Å². The molecule has 7 nitrogen and oxygen atoms in total. The van der Waals surface area contributed by atoms with Crippen LogP contribution < -0.4 is 5.32 Å². The van der Waals surface area contributed by atoms with Crippen molar-refractivity contribution in [2.24, 2.45) is 0 Å². The molecule has 2 aromatic rings. The molecule has 110 valence electrons. The summed E-state index contributed by atoms with van der Waals surface area (Å²) in [5, 5.41) is 3.42. The third kappa shape index (κ3) is 4.29. The Hall–Kier alpha value is -1.44. The smallest absolute Gasteiger partial charge is 0.226 e. The number of aromatic nitrogens is 4. The van der Waals surface area contributed by atoms with Gasteiger partial charge in [-0.05, 0) is 24.4 Å². The van der Waals surface area contributed by atoms with Crippen LogP contribution in [0.25, 0.3) is 11.2 Å². The van der Waals surface area contributed by atoms with Crippen molar-refractivity contribution in [1.29, 1.82) is 0 Å². The summed E-state index contributed by atoms with van der Waals surface area (Å²) in [6.07, 6.45) is 3.52. The molecule has 0 aliphatic carbocycles. The van der Waals surface area contributed by atoms with Gasteiger partial charge in [0.25, 0.3) is 0 Å². The number of aromatic amines is 1. The highest BCUT2D eigenvalue weighted by Crippen LogP contribution is 2.18. The number of hydrogen-bond acceptors (Lipinski definition) is 6. The molecule has 0 saturated carbocycles. The molecule has 0 fully saturated rings. The Balaban J connectivity index is 1.72. The zero-order valence-electron chi connectivity index (χ0n) is 11.4. The summed E-state index contributed by atoms with van der Waals surface area (Å²) in [4.78, 5) is 15.2. The second-order valence-corrected chi connectivity index (χ2v) is 4.52. The van der Waals surface area contributed by atoms with E-state index in [1.54, 1.807) is 13.4 Å². The van der Waals surface area contributed by atoms with Crippen molar-refractivity contribution in [2.75, 3.05) is 38.8 Å². The summed E-state index contributed by atoms with van der Waals surface area (Å²) in [5.41, 5.74) is 1.33. The number of nitrogens with one attached hydrogen (secondary N) is 2. The van der Waals surface area contributed by atoms with Gasteiger partial charge in [0.2, 0.25) is 5.28 Å². The number of halogens is 1. The van der Waals surface area contributed by atoms with Crippen molar-refractivity contribution in [2.45, 2.75) is 12.8 Å². The molecular weight excluding hydrogens is 282 g/mol. The fourth-order valence-electron chi connectivity index (χ4n) is 1.71. The van der Waals surface area contributed by atoms with E-state index in [2.05, 4.69) is 25.3 Å². The predicted octanol–water partition coefficient (Wildman–Crippen LogP) is 1.86. The van der Waals surface area contributed by atoms with Crippen LogP contribution in [0.5, 0.6) is 0 Å². The topological polar surface area (TPSA) is 84.9 Å². The average molecular weight is 300 g/mol. The number of ether oxygens (including phenoxy) is 2. The van der Waals surface area contributed by atoms with Gasteiger partial charge in [-0.1, -0.05) is 0 Å². The molecule has 0 amide bonds. The van der Waals surface area contributed by atoms with E-state index in [0.29, 0.717) is 24.7 Å². The fraction of sp³-hybridized carbons (Fsp3) is 0.583. The number of imidazole rings is 1. The van der Waals surface area contributed by atoms with E-state index in [-0.39, 0.29) is 5.28 Å². The van der Waals surface area contributed by atoms with Crippen LogP contribution in [0.2, 0.25) is 5.28 Å². The maximum Gasteiger partial charge on any atom is 0.226 e. The van der Waals surface area contributed by atoms with Crippen LogP contribution >= 0.6 is 11.6 Å². The van der Waals surface area contributed by atoms with E-state index in [1.165, 1.54) is 0 Å². The minimum atomic E-state index is 0.190. The van der Waals surface area contributed by atoms with Crippen LogP contribution in [-0.4, -0.2) is 53.4 Å². The summed E-state index contributed by atoms with van der Waals surface area (Å²) in [6.45, 7) is 2.79. The Labute approximate surface area is 122 Å². The molecule has 2 aromatic heterocycles. The third-order valence-electron chi connectivity index (χ3n) is 2.70. The van der Waals surface area contributed by atoms with Gasteiger partial charge in [-0.3, -0.25) is 0 Å². The number of nitrogens with zero attached hydrogens (tertiary/aromatic N) is 3. The first-order valence-corrected chi connectivity index (χ1v) is 6.86. The molecule has 0 spiro atoms. The Morgan fingerprint density at radius 3 is 3.00 bits per heavy atom. The number of hydrogen-bond donors (Lipinski definition) is 2. The van der Waals surface area contributed by atoms with Gasteiger partial charge >= 0.3 is 0 Å². The second kappa shape index (κ2) is 7.98. The molecular formula is C12H18ClN5O2. The molecule has 0 bridgehead atoms. The first kappa shape index (κ1) is 15.0. The average Bonchev–Trinajstić information content (AvgIpc) is 2.89. The maximum atomic E-state index is 5.84. The van der Waals surface area contributed by atoms with E-state index >= 15 is 0 Å². The lowest BCUT2D eigenvalue weighted by atomic mass is 10.3. The van der Waals surface area contributed by atoms with Crippen molar-refractivity contribution in [3.63, 3.8) is 0 Å². The zero-order valence-corrected chi connectivity index (χ0v) is 12.1. The number of anilines is 1. The van der Waals surface area contributed by atoms with E-state index in [0.717, 1.165) is 31.5 Å². The van der Waals surface area contributed by atoms with Crippen LogP contribution in [0.15, 0.2) is 6.33 Å². The monoisotopic (exact) mass is 299 g/mol. The Morgan fingerprint density at radius 2 is 2.15 bits per heavy atom. The lowest BCUT2D eigenvalue weighted by Gasteiger charge is -2.07. The molecule has 0 saturated heterocycles. The summed E-state index contributed by atoms with van der Waals surface area (Å²) in [6, 6.07) is 0. The van der Waals surface area contributed by atoms with Gasteiger partial charge in [-0.25, -0.2) is 4.98 Å². The van der Waals surface area contributed by atoms with Gasteiger partial charge in [0.05, 0.1) is 19.5 Å². The van der Waals surface area contributed by atoms with Crippen molar-refractivity contribution in [3.8, 4) is 0 Å². The SMILES string of the molecule is COCCOCCCCNc1nc(Cl)nc2nc[nH]c12. The van der Waals surface area contributed by atoms with Crippen LogP contribution in [0, 0.1) is 0 Å². The highest BCUT2D eigenvalue weighted by molar-refractivity contribution is 6.28. The molecule has 2 N–H and O–H groups in total. The molecule has 0 aliphatic rings. The van der Waals surface area contributed by atoms with E-state index in [1.807, 2.05) is 0 Å². The van der Waals surface area contributed by atoms with Gasteiger partial charge in [0.15, 0.2) is 11.5 Å². The van der Waals surface area contributed by atoms with Crippen molar-refractivity contribution < 1.29 is 9.47 Å². The van der Waals surface area contributed by atoms with Crippen LogP contribution in [0.3, 0.4) is 0 Å². The maximum absolute atomic E-state index is 5.84. The van der Waals surface area contributed by atoms with Gasteiger partial charge in [-0.15, -0.1) is 0 Å². The molecule has 20 heavy (non-hydrogen) atoms. The zero-order chi connectivity index (χ0) is 14.2. The number of methoxy groups -OCH3 is 1. The highest BCUT2D eigenvalue weighted by atomic mass is 35.5. The molecule has 0 radical (unpaired) electrons. The standard InChI is InChI=1S/C12H18ClN5O2/c1-19-6-7-20-5-3-2-4-14-10-9-11(16-8-15-9)18-12(13)17-10/h8H,2-7H2,1H3,(H2,14,15,16,17,18). The fourth-order valence-corrected chi connectivity index (χ4v) is 1.88. The quantitative estimate of drug-likeness (QED) is 0.543. The van der Waals surface area contributed by atoms with Crippen molar-refractivity contribution >= 4 is 28.6 Å². The highest BCUT2D eigenvalue weighted by Gasteiger charge is 2.07. The molecule has 0 unspecified atom stereocenters. The Morgan fingerprint density at radius 1 is 1.25 bits per heavy atom. The summed E-state index contributed by atoms with van der Waals surface area (Å²) < 4.78 is 10.3. The van der Waals surface area contributed by atoms with E-state index in [9.17, 15) is 0 Å². The molecule has 0 aliphatic heterocycles. The van der Waals surface area contributed by atoms with Crippen LogP contribution in [0.4, 0.5) is 5.82 Å². The molecule has 2 rings (SSSR count). The number of H-pyrrole nitrogens is 1. The summed E-state index contributed by atoms with van der Waals surface area (Å²) in [7, 11) is 1.66. The van der Waals surface area contributed by atoms with Crippen LogP contribution in [-0.2, 0) is 9.47 Å². The van der Waals surface area contributed by atoms with E-state index < -0.39 is 0 Å². The number of fused-ring (bicyclic) bond motifs is 1. The lowest BCUT2D eigenvalue weighted by Crippen LogP contribution is -2.07. The Kier molecular flexibility index (Phi) is 5.97. The van der Waals surface area contributed by atoms with E-state index in [4.69, 9.17) is 21.1 Å². The minimum Gasteiger partial charge on any atom is -0.382 e. The van der Waals surface area contributed by atoms with Crippen molar-refractivity contribution in [3.05, 3.63) is 11.6 Å². The Bertz CT molecular complexity index is 534. The third-order valence-corrected chi connectivity index (χ3v) is 2.87. The van der Waals surface area contributed by atoms with Crippen LogP contribution in [0.1, 0.15) is 12.8 Å². The molecule has 8 heteroatoms. The number of rotatable bonds is 9. The molecule has 2 heterocycles. The normalized spacial score (nSPS) is 11.1. The predicted molar refractivity (Wildman–Crippen MR) is 77.1 cm³/mol. The van der Waals surface area contributed by atoms with Crippen molar-refractivity contribution in [1.82, 2.24) is 19.9 Å². The molecule has 0 aromatic carbocycles. The minimum absolute atomic E-state index is 0.190. The summed E-state index contributed by atoms with van der Waals surface area (Å²) >= 11 is 5.84. The number of unbranched alkanes of at least 4 members (excludes halogenated alkanes) is 1. The van der Waals surface area contributed by atoms with Gasteiger partial charge in [0.1, 0.15) is 5.52 Å². The van der Waals surface area contributed by atoms with Gasteiger partial charge in [-0.2, -0.15) is 9.97 Å². The second-order valence-electron chi connectivity index (χ2n) is 4.18. The molecule has 0 atom stereocenters. The summed E-state index contributed by atoms with van der Waals surface area (Å²) in [5.74, 6) is 0.679. The first-order chi connectivity index (χ1) is 9.81. The largest absolute Gasteiger partial charge is 0.382 e.